The van der Waals surface area contributed by atoms with E-state index < -0.39 is 17.1 Å². The Morgan fingerprint density at radius 1 is 1.12 bits per heavy atom. The normalized spacial score (nSPS) is 15.9. The van der Waals surface area contributed by atoms with Gasteiger partial charge < -0.3 is 9.47 Å². The molecule has 25 heavy (non-hydrogen) atoms. The molecule has 0 aromatic heterocycles. The number of hydrogen-bond donors (Lipinski definition) is 0. The van der Waals surface area contributed by atoms with Gasteiger partial charge in [-0.15, -0.1) is 0 Å². The van der Waals surface area contributed by atoms with Crippen LogP contribution in [0.2, 0.25) is 0 Å². The number of carbonyl (C=O) groups excluding carboxylic acids is 3. The molecule has 1 aliphatic heterocycles. The summed E-state index contributed by atoms with van der Waals surface area (Å²) in [5.74, 6) is -0.412. The van der Waals surface area contributed by atoms with Crippen LogP contribution < -0.4 is 4.74 Å². The molecule has 0 N–H and O–H groups in total. The van der Waals surface area contributed by atoms with Crippen molar-refractivity contribution in [1.82, 2.24) is 4.90 Å². The summed E-state index contributed by atoms with van der Waals surface area (Å²) in [6, 6.07) is 11.3. The van der Waals surface area contributed by atoms with Gasteiger partial charge in [-0.25, -0.2) is 0 Å². The Morgan fingerprint density at radius 2 is 1.84 bits per heavy atom. The maximum absolute atomic E-state index is 12.4. The number of thioether (sulfide) groups is 1. The van der Waals surface area contributed by atoms with Crippen LogP contribution in [0.5, 0.6) is 5.75 Å². The molecule has 0 saturated carbocycles. The number of benzene rings is 2. The zero-order valence-corrected chi connectivity index (χ0v) is 14.5. The van der Waals surface area contributed by atoms with Crippen LogP contribution in [-0.4, -0.2) is 42.8 Å². The third-order valence-electron chi connectivity index (χ3n) is 3.81. The average molecular weight is 357 g/mol. The molecule has 0 radical (unpaired) electrons. The first kappa shape index (κ1) is 17.0. The van der Waals surface area contributed by atoms with Crippen LogP contribution in [0.4, 0.5) is 4.79 Å². The standard InChI is InChI=1S/C18H15NO5S/c1-23-14-8-7-11(12-5-3-4-6-13(12)14)9-15-17(21)19(18(22)25-15)10-16(20)24-2/h3-9H,10H2,1-2H3/b15-9+. The van der Waals surface area contributed by atoms with Crippen molar-refractivity contribution in [2.24, 2.45) is 0 Å². The number of nitrogens with zero attached hydrogens (tertiary/aromatic N) is 1. The summed E-state index contributed by atoms with van der Waals surface area (Å²) in [4.78, 5) is 36.9. The van der Waals surface area contributed by atoms with Crippen molar-refractivity contribution in [2.75, 3.05) is 20.8 Å². The van der Waals surface area contributed by atoms with E-state index in [1.54, 1.807) is 13.2 Å². The Bertz CT molecular complexity index is 905. The molecule has 6 nitrogen and oxygen atoms in total. The molecule has 0 spiro atoms. The third kappa shape index (κ3) is 3.23. The van der Waals surface area contributed by atoms with Gasteiger partial charge in [0, 0.05) is 5.39 Å². The van der Waals surface area contributed by atoms with Gasteiger partial charge >= 0.3 is 5.97 Å². The summed E-state index contributed by atoms with van der Waals surface area (Å²) in [6.45, 7) is -0.387. The van der Waals surface area contributed by atoms with E-state index in [4.69, 9.17) is 4.74 Å². The van der Waals surface area contributed by atoms with Crippen LogP contribution in [0.25, 0.3) is 16.8 Å². The first-order valence-electron chi connectivity index (χ1n) is 7.43. The van der Waals surface area contributed by atoms with E-state index in [9.17, 15) is 14.4 Å². The fourth-order valence-corrected chi connectivity index (χ4v) is 3.40. The molecule has 1 heterocycles. The predicted molar refractivity (Wildman–Crippen MR) is 95.2 cm³/mol. The van der Waals surface area contributed by atoms with Crippen molar-refractivity contribution in [3.63, 3.8) is 0 Å². The van der Waals surface area contributed by atoms with Gasteiger partial charge in [0.1, 0.15) is 12.3 Å². The molecule has 0 unspecified atom stereocenters. The second-order valence-electron chi connectivity index (χ2n) is 5.25. The van der Waals surface area contributed by atoms with E-state index in [-0.39, 0.29) is 11.4 Å². The highest BCUT2D eigenvalue weighted by atomic mass is 32.2. The van der Waals surface area contributed by atoms with Gasteiger partial charge in [0.15, 0.2) is 0 Å². The predicted octanol–water partition coefficient (Wildman–Crippen LogP) is 3.06. The summed E-state index contributed by atoms with van der Waals surface area (Å²) in [6.07, 6.45) is 1.66. The summed E-state index contributed by atoms with van der Waals surface area (Å²) < 4.78 is 9.88. The molecule has 3 rings (SSSR count). The molecule has 0 atom stereocenters. The van der Waals surface area contributed by atoms with Gasteiger partial charge in [-0.3, -0.25) is 19.3 Å². The fraction of sp³-hybridized carbons (Fsp3) is 0.167. The van der Waals surface area contributed by atoms with E-state index in [2.05, 4.69) is 4.74 Å². The van der Waals surface area contributed by atoms with Crippen molar-refractivity contribution in [2.45, 2.75) is 0 Å². The van der Waals surface area contributed by atoms with Crippen molar-refractivity contribution in [3.05, 3.63) is 46.9 Å². The molecule has 2 aromatic carbocycles. The molecule has 0 bridgehead atoms. The second kappa shape index (κ2) is 6.98. The fourth-order valence-electron chi connectivity index (χ4n) is 2.57. The summed E-state index contributed by atoms with van der Waals surface area (Å²) in [7, 11) is 2.81. The first-order valence-corrected chi connectivity index (χ1v) is 8.24. The van der Waals surface area contributed by atoms with E-state index in [0.29, 0.717) is 0 Å². The Kier molecular flexibility index (Phi) is 4.76. The number of methoxy groups -OCH3 is 2. The quantitative estimate of drug-likeness (QED) is 0.619. The van der Waals surface area contributed by atoms with Gasteiger partial charge in [-0.2, -0.15) is 0 Å². The van der Waals surface area contributed by atoms with Crippen LogP contribution in [0.3, 0.4) is 0 Å². The van der Waals surface area contributed by atoms with Crippen LogP contribution in [0.15, 0.2) is 41.3 Å². The minimum Gasteiger partial charge on any atom is -0.496 e. The monoisotopic (exact) mass is 357 g/mol. The maximum Gasteiger partial charge on any atom is 0.325 e. The number of carbonyl (C=O) groups is 3. The number of imide groups is 1. The molecule has 1 aliphatic rings. The lowest BCUT2D eigenvalue weighted by molar-refractivity contribution is -0.143. The van der Waals surface area contributed by atoms with E-state index in [1.165, 1.54) is 7.11 Å². The number of rotatable bonds is 4. The topological polar surface area (TPSA) is 72.9 Å². The second-order valence-corrected chi connectivity index (χ2v) is 6.24. The molecular formula is C18H15NO5S. The van der Waals surface area contributed by atoms with Gasteiger partial charge in [0.2, 0.25) is 0 Å². The lowest BCUT2D eigenvalue weighted by atomic mass is 10.0. The molecular weight excluding hydrogens is 342 g/mol. The van der Waals surface area contributed by atoms with Gasteiger partial charge in [0.05, 0.1) is 19.1 Å². The van der Waals surface area contributed by atoms with Crippen molar-refractivity contribution >= 4 is 45.7 Å². The maximum atomic E-state index is 12.4. The molecule has 1 fully saturated rings. The van der Waals surface area contributed by atoms with E-state index >= 15 is 0 Å². The lowest BCUT2D eigenvalue weighted by Gasteiger charge is -2.10. The average Bonchev–Trinajstić information content (AvgIpc) is 2.89. The number of fused-ring (bicyclic) bond motifs is 1. The minimum atomic E-state index is -0.640. The number of ether oxygens (including phenoxy) is 2. The van der Waals surface area contributed by atoms with E-state index in [0.717, 1.165) is 38.7 Å². The highest BCUT2D eigenvalue weighted by molar-refractivity contribution is 8.18. The number of hydrogen-bond acceptors (Lipinski definition) is 6. The van der Waals surface area contributed by atoms with Gasteiger partial charge in [-0.1, -0.05) is 30.3 Å². The summed E-state index contributed by atoms with van der Waals surface area (Å²) in [5, 5.41) is 1.33. The SMILES string of the molecule is COC(=O)CN1C(=O)S/C(=C/c2ccc(OC)c3ccccc23)C1=O. The van der Waals surface area contributed by atoms with Crippen LogP contribution in [0, 0.1) is 0 Å². The highest BCUT2D eigenvalue weighted by Gasteiger charge is 2.36. The molecule has 0 aliphatic carbocycles. The largest absolute Gasteiger partial charge is 0.496 e. The zero-order chi connectivity index (χ0) is 18.0. The minimum absolute atomic E-state index is 0.268. The molecule has 128 valence electrons. The Hall–Kier alpha value is -2.80. The van der Waals surface area contributed by atoms with Crippen molar-refractivity contribution in [3.8, 4) is 5.75 Å². The van der Waals surface area contributed by atoms with Crippen molar-refractivity contribution < 1.29 is 23.9 Å². The molecule has 2 amide bonds. The van der Waals surface area contributed by atoms with Crippen LogP contribution in [-0.2, 0) is 14.3 Å². The zero-order valence-electron chi connectivity index (χ0n) is 13.6. The van der Waals surface area contributed by atoms with E-state index in [1.807, 2.05) is 36.4 Å². The number of amides is 2. The lowest BCUT2D eigenvalue weighted by Crippen LogP contribution is -2.34. The van der Waals surface area contributed by atoms with Gasteiger partial charge in [0.25, 0.3) is 11.1 Å². The van der Waals surface area contributed by atoms with Crippen LogP contribution >= 0.6 is 11.8 Å². The van der Waals surface area contributed by atoms with Crippen molar-refractivity contribution in [1.29, 1.82) is 0 Å². The smallest absolute Gasteiger partial charge is 0.325 e. The Morgan fingerprint density at radius 3 is 2.52 bits per heavy atom. The molecule has 7 heteroatoms. The van der Waals surface area contributed by atoms with Crippen LogP contribution in [0.1, 0.15) is 5.56 Å². The summed E-state index contributed by atoms with van der Waals surface area (Å²) in [5.41, 5.74) is 0.792. The number of esters is 1. The highest BCUT2D eigenvalue weighted by Crippen LogP contribution is 2.35. The Labute approximate surface area is 148 Å². The molecule has 1 saturated heterocycles. The van der Waals surface area contributed by atoms with Gasteiger partial charge in [-0.05, 0) is 34.9 Å². The third-order valence-corrected chi connectivity index (χ3v) is 4.72. The summed E-state index contributed by atoms with van der Waals surface area (Å²) >= 11 is 0.807. The molecule has 2 aromatic rings. The first-order chi connectivity index (χ1) is 12.0. The Balaban J connectivity index is 1.99.